The number of H-pyrrole nitrogens is 1. The zero-order valence-corrected chi connectivity index (χ0v) is 9.96. The molecule has 0 saturated carbocycles. The smallest absolute Gasteiger partial charge is 0.263 e. The van der Waals surface area contributed by atoms with Gasteiger partial charge in [0.25, 0.3) is 5.56 Å². The summed E-state index contributed by atoms with van der Waals surface area (Å²) in [5, 5.41) is 23.1. The lowest BCUT2D eigenvalue weighted by Gasteiger charge is -2.06. The molecule has 2 aromatic heterocycles. The van der Waals surface area contributed by atoms with Crippen LogP contribution < -0.4 is 11.3 Å². The average molecular weight is 276 g/mol. The highest BCUT2D eigenvalue weighted by molar-refractivity contribution is 5.89. The summed E-state index contributed by atoms with van der Waals surface area (Å²) in [7, 11) is 0. The molecule has 20 heavy (non-hydrogen) atoms. The average Bonchev–Trinajstić information content (AvgIpc) is 2.70. The highest BCUT2D eigenvalue weighted by atomic mass is 19.1. The molecule has 0 spiro atoms. The number of pyridine rings is 1. The fourth-order valence-electron chi connectivity index (χ4n) is 1.99. The lowest BCUT2D eigenvalue weighted by atomic mass is 10.2. The van der Waals surface area contributed by atoms with Crippen LogP contribution in [0.5, 0.6) is 11.6 Å². The molecule has 0 bridgehead atoms. The van der Waals surface area contributed by atoms with Crippen LogP contribution in [-0.4, -0.2) is 25.0 Å². The van der Waals surface area contributed by atoms with Crippen LogP contribution in [0, 0.1) is 5.82 Å². The Morgan fingerprint density at radius 1 is 1.35 bits per heavy atom. The summed E-state index contributed by atoms with van der Waals surface area (Å²) in [6, 6.07) is 5.06. The predicted molar refractivity (Wildman–Crippen MR) is 69.4 cm³/mol. The zero-order chi connectivity index (χ0) is 14.4. The molecule has 0 aliphatic carbocycles. The van der Waals surface area contributed by atoms with Crippen molar-refractivity contribution in [1.82, 2.24) is 14.8 Å². The number of nitrogens with one attached hydrogen (secondary N) is 1. The normalized spacial score (nSPS) is 11.1. The van der Waals surface area contributed by atoms with E-state index in [2.05, 4.69) is 10.1 Å². The van der Waals surface area contributed by atoms with Crippen LogP contribution in [0.1, 0.15) is 0 Å². The van der Waals surface area contributed by atoms with Gasteiger partial charge in [-0.1, -0.05) is 6.07 Å². The Labute approximate surface area is 110 Å². The highest BCUT2D eigenvalue weighted by Crippen LogP contribution is 2.29. The number of halogens is 1. The third kappa shape index (κ3) is 1.58. The van der Waals surface area contributed by atoms with Gasteiger partial charge in [-0.3, -0.25) is 9.78 Å². The van der Waals surface area contributed by atoms with E-state index in [0.717, 1.165) is 10.7 Å². The quantitative estimate of drug-likeness (QED) is 0.525. The van der Waals surface area contributed by atoms with Gasteiger partial charge in [-0.25, -0.2) is 9.07 Å². The van der Waals surface area contributed by atoms with Crippen molar-refractivity contribution in [3.63, 3.8) is 0 Å². The molecule has 0 unspecified atom stereocenters. The number of phenolic OH excluding ortho intramolecular Hbond substituents is 1. The van der Waals surface area contributed by atoms with Gasteiger partial charge in [0.2, 0.25) is 0 Å². The summed E-state index contributed by atoms with van der Waals surface area (Å²) >= 11 is 0. The fraction of sp³-hybridized carbons (Fsp3) is 0. The minimum Gasteiger partial charge on any atom is -0.503 e. The summed E-state index contributed by atoms with van der Waals surface area (Å²) in [6.07, 6.45) is 0. The van der Waals surface area contributed by atoms with E-state index in [0.29, 0.717) is 0 Å². The number of hydrogen-bond donors (Lipinski definition) is 4. The molecule has 0 fully saturated rings. The van der Waals surface area contributed by atoms with Gasteiger partial charge in [0.1, 0.15) is 22.4 Å². The summed E-state index contributed by atoms with van der Waals surface area (Å²) < 4.78 is 14.4. The van der Waals surface area contributed by atoms with Gasteiger partial charge >= 0.3 is 0 Å². The Morgan fingerprint density at radius 3 is 2.85 bits per heavy atom. The molecule has 8 heteroatoms. The monoisotopic (exact) mass is 276 g/mol. The molecule has 3 aromatic rings. The lowest BCUT2D eigenvalue weighted by Crippen LogP contribution is -2.07. The van der Waals surface area contributed by atoms with Crippen LogP contribution in [0.25, 0.3) is 16.6 Å². The van der Waals surface area contributed by atoms with E-state index in [9.17, 15) is 19.4 Å². The topological polar surface area (TPSA) is 117 Å². The van der Waals surface area contributed by atoms with Crippen molar-refractivity contribution in [2.45, 2.75) is 0 Å². The number of nitrogens with two attached hydrogens (primary N) is 1. The zero-order valence-electron chi connectivity index (χ0n) is 9.96. The first kappa shape index (κ1) is 12.0. The molecule has 7 nitrogen and oxygen atoms in total. The van der Waals surface area contributed by atoms with Gasteiger partial charge in [0, 0.05) is 6.07 Å². The largest absolute Gasteiger partial charge is 0.503 e. The van der Waals surface area contributed by atoms with Gasteiger partial charge in [-0.2, -0.15) is 5.10 Å². The Balaban J connectivity index is 2.38. The number of anilines is 1. The molecule has 2 heterocycles. The molecule has 5 N–H and O–H groups in total. The van der Waals surface area contributed by atoms with Crippen molar-refractivity contribution >= 4 is 16.7 Å². The number of phenols is 1. The van der Waals surface area contributed by atoms with E-state index in [1.54, 1.807) is 0 Å². The predicted octanol–water partition coefficient (Wildman–Crippen LogP) is 0.846. The van der Waals surface area contributed by atoms with Crippen molar-refractivity contribution in [2.75, 3.05) is 5.73 Å². The standard InChI is InChI=1S/C12H9FN4O3/c13-5-2-1-3-7(10(5)19)17-11(14)9-6(16-17)4-8(18)15-12(9)20/h1-4,18-19H,14H2,(H,15,20). The van der Waals surface area contributed by atoms with Crippen LogP contribution in [0.3, 0.4) is 0 Å². The number of rotatable bonds is 1. The molecule has 0 atom stereocenters. The Bertz CT molecular complexity index is 884. The van der Waals surface area contributed by atoms with Gasteiger partial charge in [-0.05, 0) is 12.1 Å². The SMILES string of the molecule is Nc1c2c(=O)[nH]c(O)cc2nn1-c1cccc(F)c1O. The van der Waals surface area contributed by atoms with Crippen LogP contribution in [0.4, 0.5) is 10.2 Å². The first-order valence-electron chi connectivity index (χ1n) is 5.57. The maximum absolute atomic E-state index is 13.4. The molecule has 3 rings (SSSR count). The molecule has 0 saturated heterocycles. The first-order valence-corrected chi connectivity index (χ1v) is 5.57. The molecule has 1 aromatic carbocycles. The van der Waals surface area contributed by atoms with Gasteiger partial charge in [-0.15, -0.1) is 0 Å². The molecule has 102 valence electrons. The molecule has 0 aliphatic rings. The van der Waals surface area contributed by atoms with Crippen molar-refractivity contribution in [1.29, 1.82) is 0 Å². The van der Waals surface area contributed by atoms with E-state index in [1.165, 1.54) is 18.2 Å². The first-order chi connectivity index (χ1) is 9.49. The Hall–Kier alpha value is -3.03. The van der Waals surface area contributed by atoms with E-state index >= 15 is 0 Å². The molecule has 0 amide bonds. The second kappa shape index (κ2) is 3.98. The van der Waals surface area contributed by atoms with E-state index in [-0.39, 0.29) is 28.3 Å². The van der Waals surface area contributed by atoms with E-state index < -0.39 is 17.1 Å². The third-order valence-electron chi connectivity index (χ3n) is 2.88. The molecular weight excluding hydrogens is 267 g/mol. The number of benzene rings is 1. The second-order valence-corrected chi connectivity index (χ2v) is 4.15. The van der Waals surface area contributed by atoms with Crippen LogP contribution in [-0.2, 0) is 0 Å². The number of fused-ring (bicyclic) bond motifs is 1. The number of nitrogens with zero attached hydrogens (tertiary/aromatic N) is 2. The van der Waals surface area contributed by atoms with Crippen LogP contribution in [0.2, 0.25) is 0 Å². The highest BCUT2D eigenvalue weighted by Gasteiger charge is 2.17. The van der Waals surface area contributed by atoms with Crippen molar-refractivity contribution < 1.29 is 14.6 Å². The van der Waals surface area contributed by atoms with Crippen LogP contribution in [0.15, 0.2) is 29.1 Å². The van der Waals surface area contributed by atoms with Crippen LogP contribution >= 0.6 is 0 Å². The van der Waals surface area contributed by atoms with Gasteiger partial charge < -0.3 is 15.9 Å². The molecule has 0 radical (unpaired) electrons. The maximum atomic E-state index is 13.4. The molecular formula is C12H9FN4O3. The number of nitrogen functional groups attached to an aromatic ring is 1. The number of aromatic hydroxyl groups is 2. The van der Waals surface area contributed by atoms with Crippen molar-refractivity contribution in [2.24, 2.45) is 0 Å². The van der Waals surface area contributed by atoms with Crippen molar-refractivity contribution in [3.8, 4) is 17.3 Å². The fourth-order valence-corrected chi connectivity index (χ4v) is 1.99. The summed E-state index contributed by atoms with van der Waals surface area (Å²) in [5.74, 6) is -1.90. The minimum absolute atomic E-state index is 0.00223. The van der Waals surface area contributed by atoms with Crippen molar-refractivity contribution in [3.05, 3.63) is 40.4 Å². The van der Waals surface area contributed by atoms with Gasteiger partial charge in [0.05, 0.1) is 0 Å². The summed E-state index contributed by atoms with van der Waals surface area (Å²) in [5.41, 5.74) is 5.31. The summed E-state index contributed by atoms with van der Waals surface area (Å²) in [4.78, 5) is 13.9. The van der Waals surface area contributed by atoms with E-state index in [4.69, 9.17) is 5.73 Å². The number of para-hydroxylation sites is 1. The lowest BCUT2D eigenvalue weighted by molar-refractivity contribution is 0.428. The Morgan fingerprint density at radius 2 is 2.10 bits per heavy atom. The number of aromatic amines is 1. The minimum atomic E-state index is -0.835. The maximum Gasteiger partial charge on any atom is 0.263 e. The van der Waals surface area contributed by atoms with Gasteiger partial charge in [0.15, 0.2) is 17.4 Å². The second-order valence-electron chi connectivity index (χ2n) is 4.15. The van der Waals surface area contributed by atoms with E-state index in [1.807, 2.05) is 0 Å². The number of aromatic nitrogens is 3. The number of hydrogen-bond acceptors (Lipinski definition) is 5. The Kier molecular flexibility index (Phi) is 2.40. The summed E-state index contributed by atoms with van der Waals surface area (Å²) in [6.45, 7) is 0. The third-order valence-corrected chi connectivity index (χ3v) is 2.88. The molecule has 0 aliphatic heterocycles.